The van der Waals surface area contributed by atoms with Crippen molar-refractivity contribution >= 4 is 0 Å². The van der Waals surface area contributed by atoms with E-state index >= 15 is 0 Å². The zero-order valence-corrected chi connectivity index (χ0v) is 11.9. The Labute approximate surface area is 111 Å². The summed E-state index contributed by atoms with van der Waals surface area (Å²) in [4.78, 5) is 2.42. The van der Waals surface area contributed by atoms with E-state index in [2.05, 4.69) is 55.4 Å². The van der Waals surface area contributed by atoms with Gasteiger partial charge in [-0.2, -0.15) is 0 Å². The Morgan fingerprint density at radius 1 is 1.11 bits per heavy atom. The normalized spacial score (nSPS) is 12.9. The Morgan fingerprint density at radius 3 is 2.17 bits per heavy atom. The highest BCUT2D eigenvalue weighted by atomic mass is 15.2. The van der Waals surface area contributed by atoms with Crippen molar-refractivity contribution in [2.75, 3.05) is 19.6 Å². The number of hydrogen-bond acceptors (Lipinski definition) is 3. The van der Waals surface area contributed by atoms with Crippen LogP contribution in [0.1, 0.15) is 44.4 Å². The van der Waals surface area contributed by atoms with Crippen molar-refractivity contribution < 1.29 is 0 Å². The predicted molar refractivity (Wildman–Crippen MR) is 78.3 cm³/mol. The minimum absolute atomic E-state index is 0.247. The fourth-order valence-corrected chi connectivity index (χ4v) is 2.18. The molecule has 1 unspecified atom stereocenters. The van der Waals surface area contributed by atoms with Crippen LogP contribution in [0.3, 0.4) is 0 Å². The van der Waals surface area contributed by atoms with E-state index in [0.717, 1.165) is 32.5 Å². The molecule has 0 fully saturated rings. The van der Waals surface area contributed by atoms with Gasteiger partial charge < -0.3 is 4.90 Å². The molecule has 0 radical (unpaired) electrons. The van der Waals surface area contributed by atoms with Crippen LogP contribution in [-0.2, 0) is 6.42 Å². The quantitative estimate of drug-likeness (QED) is 0.549. The highest BCUT2D eigenvalue weighted by molar-refractivity contribution is 5.24. The van der Waals surface area contributed by atoms with Gasteiger partial charge in [0.2, 0.25) is 0 Å². The molecule has 0 spiro atoms. The molecule has 0 saturated carbocycles. The lowest BCUT2D eigenvalue weighted by Crippen LogP contribution is -2.32. The molecule has 0 bridgehead atoms. The van der Waals surface area contributed by atoms with Gasteiger partial charge in [-0.3, -0.25) is 11.3 Å². The minimum atomic E-state index is 0.247. The molecule has 0 saturated heterocycles. The molecule has 0 aliphatic rings. The van der Waals surface area contributed by atoms with Crippen LogP contribution in [0.2, 0.25) is 0 Å². The van der Waals surface area contributed by atoms with E-state index in [1.165, 1.54) is 11.1 Å². The van der Waals surface area contributed by atoms with Crippen molar-refractivity contribution in [1.82, 2.24) is 10.3 Å². The summed E-state index contributed by atoms with van der Waals surface area (Å²) in [6, 6.07) is 9.00. The smallest absolute Gasteiger partial charge is 0.0472 e. The van der Waals surface area contributed by atoms with E-state index in [0.29, 0.717) is 0 Å². The van der Waals surface area contributed by atoms with Crippen molar-refractivity contribution in [3.8, 4) is 0 Å². The molecule has 102 valence electrons. The fraction of sp³-hybridized carbons (Fsp3) is 0.600. The largest absolute Gasteiger partial charge is 0.304 e. The van der Waals surface area contributed by atoms with Gasteiger partial charge in [0.15, 0.2) is 0 Å². The Morgan fingerprint density at radius 2 is 1.72 bits per heavy atom. The summed E-state index contributed by atoms with van der Waals surface area (Å²) in [6.45, 7) is 9.85. The second kappa shape index (κ2) is 8.25. The summed E-state index contributed by atoms with van der Waals surface area (Å²) < 4.78 is 0. The van der Waals surface area contributed by atoms with Crippen LogP contribution in [0.25, 0.3) is 0 Å². The lowest BCUT2D eigenvalue weighted by molar-refractivity contribution is 0.282. The fourth-order valence-electron chi connectivity index (χ4n) is 2.18. The van der Waals surface area contributed by atoms with Crippen molar-refractivity contribution in [3.63, 3.8) is 0 Å². The average molecular weight is 249 g/mol. The molecule has 1 atom stereocenters. The monoisotopic (exact) mass is 249 g/mol. The van der Waals surface area contributed by atoms with E-state index in [1.54, 1.807) is 0 Å². The van der Waals surface area contributed by atoms with Gasteiger partial charge in [-0.25, -0.2) is 0 Å². The second-order valence-electron chi connectivity index (χ2n) is 4.63. The molecule has 0 aliphatic carbocycles. The molecular weight excluding hydrogens is 222 g/mol. The maximum Gasteiger partial charge on any atom is 0.0472 e. The van der Waals surface area contributed by atoms with Gasteiger partial charge in [0.25, 0.3) is 0 Å². The van der Waals surface area contributed by atoms with Crippen molar-refractivity contribution in [1.29, 1.82) is 0 Å². The van der Waals surface area contributed by atoms with Gasteiger partial charge in [-0.05, 0) is 43.6 Å². The first-order valence-electron chi connectivity index (χ1n) is 7.02. The third kappa shape index (κ3) is 4.41. The summed E-state index contributed by atoms with van der Waals surface area (Å²) >= 11 is 0. The number of hydrogen-bond donors (Lipinski definition) is 2. The van der Waals surface area contributed by atoms with Crippen molar-refractivity contribution in [2.24, 2.45) is 5.84 Å². The van der Waals surface area contributed by atoms with Crippen LogP contribution >= 0.6 is 0 Å². The van der Waals surface area contributed by atoms with E-state index in [4.69, 9.17) is 5.84 Å². The first kappa shape index (κ1) is 15.2. The molecule has 1 rings (SSSR count). The second-order valence-corrected chi connectivity index (χ2v) is 4.63. The lowest BCUT2D eigenvalue weighted by atomic mass is 10.0. The van der Waals surface area contributed by atoms with Crippen LogP contribution in [0, 0.1) is 0 Å². The van der Waals surface area contributed by atoms with Crippen LogP contribution in [0.5, 0.6) is 0 Å². The van der Waals surface area contributed by atoms with E-state index in [1.807, 2.05) is 0 Å². The Hall–Kier alpha value is -0.900. The summed E-state index contributed by atoms with van der Waals surface area (Å²) in [7, 11) is 0. The van der Waals surface area contributed by atoms with E-state index in [9.17, 15) is 0 Å². The third-order valence-electron chi connectivity index (χ3n) is 3.62. The van der Waals surface area contributed by atoms with Crippen LogP contribution in [-0.4, -0.2) is 24.5 Å². The standard InChI is InChI=1S/C15H27N3/c1-4-13-7-9-14(10-8-13)15(17-16)11-12-18(5-2)6-3/h7-10,15,17H,4-6,11-12,16H2,1-3H3. The molecule has 1 aromatic rings. The molecule has 3 nitrogen and oxygen atoms in total. The summed E-state index contributed by atoms with van der Waals surface area (Å²) in [5.74, 6) is 5.68. The predicted octanol–water partition coefficient (Wildman–Crippen LogP) is 2.49. The number of nitrogens with one attached hydrogen (secondary N) is 1. The Kier molecular flexibility index (Phi) is 6.94. The molecule has 0 aliphatic heterocycles. The molecule has 1 aromatic carbocycles. The van der Waals surface area contributed by atoms with Gasteiger partial charge >= 0.3 is 0 Å². The summed E-state index contributed by atoms with van der Waals surface area (Å²) in [5, 5.41) is 0. The molecule has 3 heteroatoms. The summed E-state index contributed by atoms with van der Waals surface area (Å²) in [6.07, 6.45) is 2.13. The molecular formula is C15H27N3. The molecule has 3 N–H and O–H groups in total. The number of rotatable bonds is 8. The van der Waals surface area contributed by atoms with E-state index in [-0.39, 0.29) is 6.04 Å². The average Bonchev–Trinajstić information content (AvgIpc) is 2.44. The number of nitrogens with two attached hydrogens (primary N) is 1. The zero-order chi connectivity index (χ0) is 13.4. The van der Waals surface area contributed by atoms with Gasteiger partial charge in [0, 0.05) is 6.04 Å². The third-order valence-corrected chi connectivity index (χ3v) is 3.62. The van der Waals surface area contributed by atoms with Crippen LogP contribution in [0.15, 0.2) is 24.3 Å². The first-order chi connectivity index (χ1) is 8.74. The van der Waals surface area contributed by atoms with Gasteiger partial charge in [-0.1, -0.05) is 45.0 Å². The number of benzene rings is 1. The molecule has 0 aromatic heterocycles. The Bertz CT molecular complexity index is 317. The topological polar surface area (TPSA) is 41.3 Å². The lowest BCUT2D eigenvalue weighted by Gasteiger charge is -2.22. The molecule has 18 heavy (non-hydrogen) atoms. The maximum atomic E-state index is 5.68. The molecule has 0 amide bonds. The first-order valence-corrected chi connectivity index (χ1v) is 7.02. The minimum Gasteiger partial charge on any atom is -0.304 e. The highest BCUT2D eigenvalue weighted by Crippen LogP contribution is 2.17. The van der Waals surface area contributed by atoms with Crippen molar-refractivity contribution in [2.45, 2.75) is 39.7 Å². The van der Waals surface area contributed by atoms with E-state index < -0.39 is 0 Å². The molecule has 0 heterocycles. The van der Waals surface area contributed by atoms with Crippen LogP contribution < -0.4 is 11.3 Å². The number of aryl methyl sites for hydroxylation is 1. The Balaban J connectivity index is 2.58. The highest BCUT2D eigenvalue weighted by Gasteiger charge is 2.10. The number of nitrogens with zero attached hydrogens (tertiary/aromatic N) is 1. The maximum absolute atomic E-state index is 5.68. The van der Waals surface area contributed by atoms with Gasteiger partial charge in [0.1, 0.15) is 0 Å². The summed E-state index contributed by atoms with van der Waals surface area (Å²) in [5.41, 5.74) is 5.59. The zero-order valence-electron chi connectivity index (χ0n) is 11.9. The van der Waals surface area contributed by atoms with Crippen LogP contribution in [0.4, 0.5) is 0 Å². The SMILES string of the molecule is CCc1ccc(C(CCN(CC)CC)NN)cc1. The number of hydrazine groups is 1. The van der Waals surface area contributed by atoms with Gasteiger partial charge in [0.05, 0.1) is 0 Å². The van der Waals surface area contributed by atoms with Crippen molar-refractivity contribution in [3.05, 3.63) is 35.4 Å². The van der Waals surface area contributed by atoms with Gasteiger partial charge in [-0.15, -0.1) is 0 Å².